The highest BCUT2D eigenvalue weighted by molar-refractivity contribution is 7.00. The van der Waals surface area contributed by atoms with Crippen LogP contribution in [0.4, 0.5) is 34.1 Å². The van der Waals surface area contributed by atoms with Gasteiger partial charge in [0.15, 0.2) is 0 Å². The Morgan fingerprint density at radius 2 is 0.803 bits per heavy atom. The van der Waals surface area contributed by atoms with E-state index in [1.54, 1.807) is 0 Å². The summed E-state index contributed by atoms with van der Waals surface area (Å²) in [4.78, 5) is 5.13. The Kier molecular flexibility index (Phi) is 10.2. The highest BCUT2D eigenvalue weighted by Gasteiger charge is 2.47. The molecule has 2 aliphatic heterocycles. The molecule has 0 N–H and O–H groups in total. The van der Waals surface area contributed by atoms with Crippen molar-refractivity contribution in [3.05, 3.63) is 245 Å². The third kappa shape index (κ3) is 7.06. The van der Waals surface area contributed by atoms with Crippen LogP contribution in [0.3, 0.4) is 0 Å². The first-order valence-corrected chi connectivity index (χ1v) is 25.6. The minimum absolute atomic E-state index is 0.0123. The average Bonchev–Trinajstić information content (AvgIpc) is 3.66. The van der Waals surface area contributed by atoms with Crippen LogP contribution < -0.4 is 26.2 Å². The summed E-state index contributed by atoms with van der Waals surface area (Å²) in [6, 6.07) is 76.6. The Bertz CT molecular complexity index is 3490. The van der Waals surface area contributed by atoms with Gasteiger partial charge in [-0.05, 0) is 161 Å². The predicted molar refractivity (Wildman–Crippen MR) is 304 cm³/mol. The molecule has 0 amide bonds. The lowest BCUT2D eigenvalue weighted by Gasteiger charge is -2.45. The lowest BCUT2D eigenvalue weighted by molar-refractivity contribution is 0.590. The van der Waals surface area contributed by atoms with Gasteiger partial charge in [-0.2, -0.15) is 0 Å². The monoisotopic (exact) mass is 919 g/mol. The Hall–Kier alpha value is -7.36. The average molecular weight is 919 g/mol. The molecule has 0 atom stereocenters. The van der Waals surface area contributed by atoms with Gasteiger partial charge in [0.05, 0.1) is 5.41 Å². The summed E-state index contributed by atoms with van der Waals surface area (Å²) in [5, 5.41) is 0. The quantitative estimate of drug-likeness (QED) is 0.159. The summed E-state index contributed by atoms with van der Waals surface area (Å²) in [5.74, 6) is 0. The zero-order valence-corrected chi connectivity index (χ0v) is 43.0. The van der Waals surface area contributed by atoms with Crippen molar-refractivity contribution in [1.82, 2.24) is 0 Å². The van der Waals surface area contributed by atoms with Gasteiger partial charge in [-0.1, -0.05) is 208 Å². The van der Waals surface area contributed by atoms with Crippen LogP contribution in [0.1, 0.15) is 107 Å². The van der Waals surface area contributed by atoms with Crippen molar-refractivity contribution < 1.29 is 0 Å². The Labute approximate surface area is 422 Å². The second kappa shape index (κ2) is 16.1. The van der Waals surface area contributed by atoms with Crippen molar-refractivity contribution >= 4 is 57.2 Å². The van der Waals surface area contributed by atoms with Crippen LogP contribution in [0.25, 0.3) is 22.3 Å². The van der Waals surface area contributed by atoms with Crippen molar-refractivity contribution in [2.75, 3.05) is 9.80 Å². The van der Waals surface area contributed by atoms with Gasteiger partial charge in [-0.15, -0.1) is 0 Å². The van der Waals surface area contributed by atoms with Gasteiger partial charge < -0.3 is 9.80 Å². The van der Waals surface area contributed by atoms with E-state index < -0.39 is 5.41 Å². The van der Waals surface area contributed by atoms with E-state index >= 15 is 0 Å². The van der Waals surface area contributed by atoms with Crippen LogP contribution >= 0.6 is 0 Å². The molecule has 9 aromatic carbocycles. The first-order valence-electron chi connectivity index (χ1n) is 25.6. The van der Waals surface area contributed by atoms with Crippen molar-refractivity contribution in [1.29, 1.82) is 0 Å². The Morgan fingerprint density at radius 3 is 1.31 bits per heavy atom. The fourth-order valence-electron chi connectivity index (χ4n) is 12.2. The molecule has 0 aromatic heterocycles. The van der Waals surface area contributed by atoms with E-state index in [1.165, 1.54) is 112 Å². The lowest BCUT2D eigenvalue weighted by atomic mass is 9.33. The predicted octanol–water partition coefficient (Wildman–Crippen LogP) is 16.0. The van der Waals surface area contributed by atoms with Crippen LogP contribution in [-0.4, -0.2) is 6.71 Å². The van der Waals surface area contributed by atoms with Crippen LogP contribution in [0.15, 0.2) is 200 Å². The molecule has 1 aliphatic carbocycles. The first kappa shape index (κ1) is 44.8. The lowest BCUT2D eigenvalue weighted by Crippen LogP contribution is -2.61. The molecule has 0 spiro atoms. The van der Waals surface area contributed by atoms with Gasteiger partial charge in [0, 0.05) is 34.1 Å². The summed E-state index contributed by atoms with van der Waals surface area (Å²) in [6.07, 6.45) is 0. The molecule has 0 unspecified atom stereocenters. The number of hydrogen-bond acceptors (Lipinski definition) is 2. The van der Waals surface area contributed by atoms with Crippen molar-refractivity contribution in [3.8, 4) is 22.3 Å². The standard InChI is InChI=1S/C68H63BN2/c1-44-39-62-64-63(40-44)71(53-34-28-47(29-35-53)65(2,3)4)61-43-51(67(8,9)10)31-38-59(61)69(64)58-37-30-50(66(5,6)7)42-60(58)70(62)52-32-25-45(26-33-52)46-27-36-55-54-23-17-18-24-56(54)68(57(55)41-46,48-19-13-11-14-20-48)49-21-15-12-16-22-49/h11-43H,1-10H3. The van der Waals surface area contributed by atoms with Crippen LogP contribution in [0.5, 0.6) is 0 Å². The van der Waals surface area contributed by atoms with E-state index in [4.69, 9.17) is 0 Å². The number of hydrogen-bond donors (Lipinski definition) is 0. The van der Waals surface area contributed by atoms with E-state index in [0.717, 1.165) is 5.69 Å². The molecule has 0 saturated heterocycles. The molecule has 2 nitrogen and oxygen atoms in total. The molecule has 0 bridgehead atoms. The van der Waals surface area contributed by atoms with E-state index in [2.05, 4.69) is 279 Å². The highest BCUT2D eigenvalue weighted by Crippen LogP contribution is 2.57. The summed E-state index contributed by atoms with van der Waals surface area (Å²) in [7, 11) is 0. The van der Waals surface area contributed by atoms with Crippen molar-refractivity contribution in [2.45, 2.75) is 90.9 Å². The van der Waals surface area contributed by atoms with Gasteiger partial charge in [0.2, 0.25) is 0 Å². The molecule has 71 heavy (non-hydrogen) atoms. The fraction of sp³-hybridized carbons (Fsp3) is 0.206. The largest absolute Gasteiger partial charge is 0.311 e. The van der Waals surface area contributed by atoms with E-state index in [1.807, 2.05) is 0 Å². The molecule has 3 heteroatoms. The second-order valence-corrected chi connectivity index (χ2v) is 23.5. The zero-order valence-electron chi connectivity index (χ0n) is 43.0. The van der Waals surface area contributed by atoms with Crippen molar-refractivity contribution in [2.24, 2.45) is 0 Å². The topological polar surface area (TPSA) is 6.48 Å². The first-order chi connectivity index (χ1) is 34.0. The number of fused-ring (bicyclic) bond motifs is 7. The highest BCUT2D eigenvalue weighted by atomic mass is 15.2. The molecular formula is C68H63BN2. The van der Waals surface area contributed by atoms with Crippen molar-refractivity contribution in [3.63, 3.8) is 0 Å². The maximum Gasteiger partial charge on any atom is 0.252 e. The molecule has 348 valence electrons. The Balaban J connectivity index is 1.04. The molecule has 12 rings (SSSR count). The molecule has 2 heterocycles. The minimum Gasteiger partial charge on any atom is -0.311 e. The van der Waals surface area contributed by atoms with Crippen LogP contribution in [-0.2, 0) is 21.7 Å². The number of aryl methyl sites for hydroxylation is 1. The second-order valence-electron chi connectivity index (χ2n) is 23.5. The van der Waals surface area contributed by atoms with E-state index in [0.29, 0.717) is 0 Å². The third-order valence-electron chi connectivity index (χ3n) is 15.9. The summed E-state index contributed by atoms with van der Waals surface area (Å²) < 4.78 is 0. The molecule has 0 radical (unpaired) electrons. The number of anilines is 6. The smallest absolute Gasteiger partial charge is 0.252 e. The maximum atomic E-state index is 2.57. The van der Waals surface area contributed by atoms with Crippen LogP contribution in [0.2, 0.25) is 0 Å². The van der Waals surface area contributed by atoms with Crippen LogP contribution in [0, 0.1) is 6.92 Å². The molecule has 3 aliphatic rings. The maximum absolute atomic E-state index is 2.57. The van der Waals surface area contributed by atoms with Gasteiger partial charge in [-0.25, -0.2) is 0 Å². The summed E-state index contributed by atoms with van der Waals surface area (Å²) >= 11 is 0. The summed E-state index contributed by atoms with van der Waals surface area (Å²) in [6.45, 7) is 23.2. The number of benzene rings is 9. The molecular weight excluding hydrogens is 856 g/mol. The van der Waals surface area contributed by atoms with Gasteiger partial charge in [-0.3, -0.25) is 0 Å². The van der Waals surface area contributed by atoms with Gasteiger partial charge in [0.25, 0.3) is 6.71 Å². The molecule has 0 saturated carbocycles. The Morgan fingerprint density at radius 1 is 0.366 bits per heavy atom. The fourth-order valence-corrected chi connectivity index (χ4v) is 12.2. The van der Waals surface area contributed by atoms with Gasteiger partial charge >= 0.3 is 0 Å². The summed E-state index contributed by atoms with van der Waals surface area (Å²) in [5.41, 5.74) is 26.4. The van der Waals surface area contributed by atoms with E-state index in [-0.39, 0.29) is 23.0 Å². The van der Waals surface area contributed by atoms with Gasteiger partial charge in [0.1, 0.15) is 0 Å². The normalized spacial score (nSPS) is 14.4. The SMILES string of the molecule is Cc1cc2c3c(c1)N(c1ccc(C(C)(C)C)cc1)c1cc(C(C)(C)C)ccc1B3c1ccc(C(C)(C)C)cc1N2c1ccc(-c2ccc3c(c2)C(c2ccccc2)(c2ccccc2)c2ccccc2-3)cc1. The number of nitrogens with zero attached hydrogens (tertiary/aromatic N) is 2. The zero-order chi connectivity index (χ0) is 49.2. The minimum atomic E-state index is -0.455. The molecule has 0 fully saturated rings. The van der Waals surface area contributed by atoms with E-state index in [9.17, 15) is 0 Å². The molecule has 9 aromatic rings. The third-order valence-corrected chi connectivity index (χ3v) is 15.9. The number of rotatable bonds is 5.